The lowest BCUT2D eigenvalue weighted by molar-refractivity contribution is -0.157. The fraction of sp³-hybridized carbons (Fsp3) is 0.765. The van der Waals surface area contributed by atoms with Crippen molar-refractivity contribution in [3.63, 3.8) is 0 Å². The third kappa shape index (κ3) is 5.90. The standard InChI is InChI=1S/C17H28O4/c1-3-4-5-6-7-8-12-21-17(20)14-11-9-10-13(2)15(14)16(18)19/h9,11,13-15H,3-8,10,12H2,1-2H3,(H,18,19). The third-order valence-electron chi connectivity index (χ3n) is 4.15. The van der Waals surface area contributed by atoms with Gasteiger partial charge in [0.25, 0.3) is 0 Å². The van der Waals surface area contributed by atoms with E-state index in [0.29, 0.717) is 13.0 Å². The van der Waals surface area contributed by atoms with Crippen molar-refractivity contribution in [2.75, 3.05) is 6.61 Å². The molecule has 0 aromatic carbocycles. The summed E-state index contributed by atoms with van der Waals surface area (Å²) in [5, 5.41) is 9.28. The lowest BCUT2D eigenvalue weighted by Gasteiger charge is -2.28. The van der Waals surface area contributed by atoms with Crippen LogP contribution in [0.3, 0.4) is 0 Å². The second kappa shape index (κ2) is 9.59. The van der Waals surface area contributed by atoms with Crippen LogP contribution in [0.25, 0.3) is 0 Å². The van der Waals surface area contributed by atoms with Crippen LogP contribution in [-0.2, 0) is 14.3 Å². The molecule has 4 nitrogen and oxygen atoms in total. The highest BCUT2D eigenvalue weighted by molar-refractivity contribution is 5.83. The van der Waals surface area contributed by atoms with E-state index in [1.807, 2.05) is 13.0 Å². The van der Waals surface area contributed by atoms with Crippen molar-refractivity contribution < 1.29 is 19.4 Å². The smallest absolute Gasteiger partial charge is 0.313 e. The molecule has 0 radical (unpaired) electrons. The molecule has 1 aliphatic carbocycles. The first-order valence-corrected chi connectivity index (χ1v) is 8.14. The van der Waals surface area contributed by atoms with Crippen molar-refractivity contribution in [3.05, 3.63) is 12.2 Å². The van der Waals surface area contributed by atoms with E-state index < -0.39 is 23.8 Å². The fourth-order valence-corrected chi connectivity index (χ4v) is 2.83. The van der Waals surface area contributed by atoms with Crippen LogP contribution in [0.15, 0.2) is 12.2 Å². The average Bonchev–Trinajstić information content (AvgIpc) is 2.45. The Balaban J connectivity index is 2.31. The number of hydrogen-bond donors (Lipinski definition) is 1. The van der Waals surface area contributed by atoms with E-state index in [1.54, 1.807) is 6.08 Å². The highest BCUT2D eigenvalue weighted by Gasteiger charge is 2.38. The van der Waals surface area contributed by atoms with E-state index in [9.17, 15) is 14.7 Å². The number of esters is 1. The second-order valence-electron chi connectivity index (χ2n) is 5.97. The van der Waals surface area contributed by atoms with Crippen molar-refractivity contribution in [2.24, 2.45) is 17.8 Å². The van der Waals surface area contributed by atoms with Crippen LogP contribution in [0.1, 0.15) is 58.8 Å². The normalized spacial score (nSPS) is 24.8. The molecular formula is C17H28O4. The summed E-state index contributed by atoms with van der Waals surface area (Å²) in [5.74, 6) is -2.62. The minimum atomic E-state index is -0.909. The van der Waals surface area contributed by atoms with Gasteiger partial charge in [-0.3, -0.25) is 9.59 Å². The molecule has 0 aromatic heterocycles. The summed E-state index contributed by atoms with van der Waals surface area (Å²) in [4.78, 5) is 23.4. The number of hydrogen-bond acceptors (Lipinski definition) is 3. The molecule has 1 N–H and O–H groups in total. The molecule has 0 amide bonds. The summed E-state index contributed by atoms with van der Waals surface area (Å²) in [6.07, 6.45) is 11.1. The largest absolute Gasteiger partial charge is 0.481 e. The molecule has 0 fully saturated rings. The minimum absolute atomic E-state index is 0.0286. The van der Waals surface area contributed by atoms with E-state index in [1.165, 1.54) is 25.7 Å². The summed E-state index contributed by atoms with van der Waals surface area (Å²) in [7, 11) is 0. The summed E-state index contributed by atoms with van der Waals surface area (Å²) >= 11 is 0. The fourth-order valence-electron chi connectivity index (χ4n) is 2.83. The van der Waals surface area contributed by atoms with Gasteiger partial charge < -0.3 is 9.84 Å². The average molecular weight is 296 g/mol. The monoisotopic (exact) mass is 296 g/mol. The molecule has 120 valence electrons. The molecule has 0 bridgehead atoms. The van der Waals surface area contributed by atoms with Gasteiger partial charge in [-0.2, -0.15) is 0 Å². The van der Waals surface area contributed by atoms with Crippen molar-refractivity contribution >= 4 is 11.9 Å². The van der Waals surface area contributed by atoms with Crippen molar-refractivity contribution in [3.8, 4) is 0 Å². The van der Waals surface area contributed by atoms with Gasteiger partial charge >= 0.3 is 11.9 Å². The van der Waals surface area contributed by atoms with Gasteiger partial charge in [0.05, 0.1) is 18.4 Å². The van der Waals surface area contributed by atoms with E-state index in [2.05, 4.69) is 6.92 Å². The van der Waals surface area contributed by atoms with Gasteiger partial charge in [-0.25, -0.2) is 0 Å². The Kier molecular flexibility index (Phi) is 8.09. The van der Waals surface area contributed by atoms with Gasteiger partial charge in [0.15, 0.2) is 0 Å². The number of rotatable bonds is 9. The second-order valence-corrected chi connectivity index (χ2v) is 5.97. The van der Waals surface area contributed by atoms with Crippen LogP contribution in [0.2, 0.25) is 0 Å². The lowest BCUT2D eigenvalue weighted by atomic mass is 9.77. The summed E-state index contributed by atoms with van der Waals surface area (Å²) < 4.78 is 5.26. The number of carboxylic acids is 1. The predicted octanol–water partition coefficient (Wildman–Crippen LogP) is 3.80. The number of aliphatic carboxylic acids is 1. The van der Waals surface area contributed by atoms with E-state index in [0.717, 1.165) is 12.8 Å². The number of carboxylic acid groups (broad SMARTS) is 1. The highest BCUT2D eigenvalue weighted by Crippen LogP contribution is 2.31. The van der Waals surface area contributed by atoms with Crippen molar-refractivity contribution in [1.29, 1.82) is 0 Å². The molecule has 0 aromatic rings. The van der Waals surface area contributed by atoms with Crippen LogP contribution in [0.4, 0.5) is 0 Å². The topological polar surface area (TPSA) is 63.6 Å². The molecule has 0 saturated carbocycles. The van der Waals surface area contributed by atoms with Gasteiger partial charge in [-0.05, 0) is 18.8 Å². The lowest BCUT2D eigenvalue weighted by Crippen LogP contribution is -2.36. The molecule has 21 heavy (non-hydrogen) atoms. The number of unbranched alkanes of at least 4 members (excludes halogenated alkanes) is 5. The molecule has 1 aliphatic rings. The number of carbonyl (C=O) groups excluding carboxylic acids is 1. The summed E-state index contributed by atoms with van der Waals surface area (Å²) in [6.45, 7) is 4.45. The van der Waals surface area contributed by atoms with Crippen LogP contribution >= 0.6 is 0 Å². The van der Waals surface area contributed by atoms with E-state index >= 15 is 0 Å². The summed E-state index contributed by atoms with van der Waals surface area (Å²) in [5.41, 5.74) is 0. The number of ether oxygens (including phenoxy) is 1. The summed E-state index contributed by atoms with van der Waals surface area (Å²) in [6, 6.07) is 0. The maximum Gasteiger partial charge on any atom is 0.313 e. The minimum Gasteiger partial charge on any atom is -0.481 e. The van der Waals surface area contributed by atoms with Crippen LogP contribution < -0.4 is 0 Å². The van der Waals surface area contributed by atoms with Crippen LogP contribution in [0.5, 0.6) is 0 Å². The Labute approximate surface area is 127 Å². The Morgan fingerprint density at radius 3 is 2.52 bits per heavy atom. The third-order valence-corrected chi connectivity index (χ3v) is 4.15. The quantitative estimate of drug-likeness (QED) is 0.399. The highest BCUT2D eigenvalue weighted by atomic mass is 16.5. The van der Waals surface area contributed by atoms with E-state index in [-0.39, 0.29) is 5.92 Å². The molecule has 0 saturated heterocycles. The zero-order valence-corrected chi connectivity index (χ0v) is 13.2. The molecule has 0 spiro atoms. The van der Waals surface area contributed by atoms with E-state index in [4.69, 9.17) is 4.74 Å². The number of carbonyl (C=O) groups is 2. The molecule has 3 atom stereocenters. The Morgan fingerprint density at radius 2 is 1.86 bits per heavy atom. The van der Waals surface area contributed by atoms with Gasteiger partial charge in [0.2, 0.25) is 0 Å². The Bertz CT molecular complexity index is 362. The molecule has 4 heteroatoms. The molecule has 0 heterocycles. The predicted molar refractivity (Wildman–Crippen MR) is 81.9 cm³/mol. The zero-order chi connectivity index (χ0) is 15.7. The maximum absolute atomic E-state index is 12.1. The van der Waals surface area contributed by atoms with Gasteiger partial charge in [0.1, 0.15) is 0 Å². The molecule has 3 unspecified atom stereocenters. The first kappa shape index (κ1) is 17.7. The van der Waals surface area contributed by atoms with Crippen molar-refractivity contribution in [1.82, 2.24) is 0 Å². The first-order chi connectivity index (χ1) is 10.1. The molecule has 1 rings (SSSR count). The zero-order valence-electron chi connectivity index (χ0n) is 13.2. The molecule has 0 aliphatic heterocycles. The van der Waals surface area contributed by atoms with Gasteiger partial charge in [0, 0.05) is 0 Å². The van der Waals surface area contributed by atoms with Crippen LogP contribution in [-0.4, -0.2) is 23.7 Å². The maximum atomic E-state index is 12.1. The Hall–Kier alpha value is -1.32. The first-order valence-electron chi connectivity index (χ1n) is 8.14. The van der Waals surface area contributed by atoms with Gasteiger partial charge in [-0.15, -0.1) is 0 Å². The molecular weight excluding hydrogens is 268 g/mol. The SMILES string of the molecule is CCCCCCCCOC(=O)C1C=CCC(C)C1C(=O)O. The Morgan fingerprint density at radius 1 is 1.19 bits per heavy atom. The number of allylic oxidation sites excluding steroid dienone is 1. The van der Waals surface area contributed by atoms with Crippen molar-refractivity contribution in [2.45, 2.75) is 58.8 Å². The van der Waals surface area contributed by atoms with Crippen LogP contribution in [0, 0.1) is 17.8 Å². The van der Waals surface area contributed by atoms with Gasteiger partial charge in [-0.1, -0.05) is 58.1 Å².